The molecule has 1 aromatic carbocycles. The Kier molecular flexibility index (Phi) is 5.79. The lowest BCUT2D eigenvalue weighted by Crippen LogP contribution is -2.44. The Morgan fingerprint density at radius 3 is 2.81 bits per heavy atom. The lowest BCUT2D eigenvalue weighted by Gasteiger charge is -2.35. The number of rotatable bonds is 6. The first-order valence-corrected chi connectivity index (χ1v) is 9.85. The molecule has 27 heavy (non-hydrogen) atoms. The third-order valence-electron chi connectivity index (χ3n) is 5.55. The van der Waals surface area contributed by atoms with Crippen LogP contribution in [0.5, 0.6) is 0 Å². The van der Waals surface area contributed by atoms with Gasteiger partial charge in [0.25, 0.3) is 5.91 Å². The van der Waals surface area contributed by atoms with Crippen molar-refractivity contribution in [2.24, 2.45) is 0 Å². The summed E-state index contributed by atoms with van der Waals surface area (Å²) in [5.41, 5.74) is 1.44. The predicted molar refractivity (Wildman–Crippen MR) is 101 cm³/mol. The van der Waals surface area contributed by atoms with Crippen LogP contribution < -0.4 is 5.32 Å². The first-order valence-electron chi connectivity index (χ1n) is 9.85. The molecule has 1 atom stereocenters. The molecule has 0 spiro atoms. The molecule has 0 bridgehead atoms. The fraction of sp³-hybridized carbons (Fsp3) is 0.550. The highest BCUT2D eigenvalue weighted by Gasteiger charge is 2.32. The Balaban J connectivity index is 1.32. The Morgan fingerprint density at radius 2 is 2.00 bits per heavy atom. The molecular formula is C20H27N5O2. The predicted octanol–water partition coefficient (Wildman–Crippen LogP) is 1.85. The van der Waals surface area contributed by atoms with Crippen LogP contribution in [-0.4, -0.2) is 57.6 Å². The number of nitrogens with zero attached hydrogens (tertiary/aromatic N) is 4. The zero-order valence-electron chi connectivity index (χ0n) is 15.6. The van der Waals surface area contributed by atoms with Gasteiger partial charge < -0.3 is 10.1 Å². The molecule has 2 aliphatic heterocycles. The number of carbonyl (C=O) groups excluding carboxylic acids is 1. The maximum absolute atomic E-state index is 12.3. The molecule has 2 aliphatic rings. The lowest BCUT2D eigenvalue weighted by atomic mass is 10.1. The van der Waals surface area contributed by atoms with Crippen LogP contribution in [0.2, 0.25) is 0 Å². The van der Waals surface area contributed by atoms with Crippen molar-refractivity contribution >= 4 is 5.91 Å². The van der Waals surface area contributed by atoms with Gasteiger partial charge >= 0.3 is 0 Å². The van der Waals surface area contributed by atoms with E-state index >= 15 is 0 Å². The van der Waals surface area contributed by atoms with Crippen LogP contribution in [0, 0.1) is 0 Å². The first-order chi connectivity index (χ1) is 13.3. The summed E-state index contributed by atoms with van der Waals surface area (Å²) in [5, 5.41) is 11.2. The van der Waals surface area contributed by atoms with E-state index in [-0.39, 0.29) is 5.91 Å². The summed E-state index contributed by atoms with van der Waals surface area (Å²) < 4.78 is 7.32. The summed E-state index contributed by atoms with van der Waals surface area (Å²) >= 11 is 0. The van der Waals surface area contributed by atoms with Crippen LogP contribution in [0.15, 0.2) is 36.5 Å². The Bertz CT molecular complexity index is 742. The van der Waals surface area contributed by atoms with E-state index in [2.05, 4.69) is 20.5 Å². The maximum atomic E-state index is 12.3. The second kappa shape index (κ2) is 8.63. The van der Waals surface area contributed by atoms with Gasteiger partial charge in [-0.2, -0.15) is 0 Å². The minimum atomic E-state index is -0.183. The summed E-state index contributed by atoms with van der Waals surface area (Å²) in [6.07, 6.45) is 6.39. The fourth-order valence-electron chi connectivity index (χ4n) is 4.13. The number of nitrogens with one attached hydrogen (secondary N) is 1. The number of likely N-dealkylation sites (tertiary alicyclic amines) is 1. The summed E-state index contributed by atoms with van der Waals surface area (Å²) in [4.78, 5) is 14.9. The maximum Gasteiger partial charge on any atom is 0.273 e. The van der Waals surface area contributed by atoms with Crippen molar-refractivity contribution in [3.63, 3.8) is 0 Å². The molecule has 0 radical (unpaired) electrons. The van der Waals surface area contributed by atoms with Gasteiger partial charge in [-0.15, -0.1) is 5.10 Å². The van der Waals surface area contributed by atoms with Gasteiger partial charge in [0.2, 0.25) is 0 Å². The van der Waals surface area contributed by atoms with Crippen molar-refractivity contribution in [1.29, 1.82) is 0 Å². The van der Waals surface area contributed by atoms with Crippen molar-refractivity contribution in [1.82, 2.24) is 25.2 Å². The van der Waals surface area contributed by atoms with Crippen molar-refractivity contribution in [3.8, 4) is 0 Å². The summed E-state index contributed by atoms with van der Waals surface area (Å²) in [5.74, 6) is -0.183. The van der Waals surface area contributed by atoms with Crippen LogP contribution >= 0.6 is 0 Å². The number of hydrogen-bond donors (Lipinski definition) is 1. The van der Waals surface area contributed by atoms with Crippen LogP contribution in [0.3, 0.4) is 0 Å². The SMILES string of the molecule is O=C(NCc1ccccc1)c1cn(C[C@@H]2CCCN2C2CCOCC2)nn1. The molecule has 1 amide bonds. The first kappa shape index (κ1) is 18.1. The van der Waals surface area contributed by atoms with E-state index in [1.807, 2.05) is 35.0 Å². The standard InChI is InChI=1S/C20H27N5O2/c26-20(21-13-16-5-2-1-3-6-16)19-15-24(23-22-19)14-18-7-4-10-25(18)17-8-11-27-12-9-17/h1-3,5-6,15,17-18H,4,7-14H2,(H,21,26)/t18-/m0/s1. The largest absolute Gasteiger partial charge is 0.381 e. The monoisotopic (exact) mass is 369 g/mol. The van der Waals surface area contributed by atoms with Crippen molar-refractivity contribution in [2.45, 2.75) is 50.9 Å². The summed E-state index contributed by atoms with van der Waals surface area (Å²) in [6, 6.07) is 10.9. The van der Waals surface area contributed by atoms with E-state index in [9.17, 15) is 4.79 Å². The molecule has 4 rings (SSSR count). The van der Waals surface area contributed by atoms with Gasteiger partial charge in [-0.25, -0.2) is 0 Å². The third kappa shape index (κ3) is 4.54. The molecular weight excluding hydrogens is 342 g/mol. The molecule has 3 heterocycles. The third-order valence-corrected chi connectivity index (χ3v) is 5.55. The number of aromatic nitrogens is 3. The molecule has 7 nitrogen and oxygen atoms in total. The topological polar surface area (TPSA) is 72.3 Å². The Morgan fingerprint density at radius 1 is 1.19 bits per heavy atom. The van der Waals surface area contributed by atoms with E-state index in [1.165, 1.54) is 12.8 Å². The Hall–Kier alpha value is -2.25. The second-order valence-corrected chi connectivity index (χ2v) is 7.37. The van der Waals surface area contributed by atoms with Gasteiger partial charge in [0.1, 0.15) is 0 Å². The van der Waals surface area contributed by atoms with Gasteiger partial charge in [-0.05, 0) is 37.8 Å². The van der Waals surface area contributed by atoms with E-state index in [1.54, 1.807) is 6.20 Å². The highest BCUT2D eigenvalue weighted by Crippen LogP contribution is 2.26. The van der Waals surface area contributed by atoms with E-state index in [4.69, 9.17) is 4.74 Å². The van der Waals surface area contributed by atoms with Crippen LogP contribution in [-0.2, 0) is 17.8 Å². The average Bonchev–Trinajstić information content (AvgIpc) is 3.38. The van der Waals surface area contributed by atoms with E-state index in [0.717, 1.165) is 44.7 Å². The molecule has 0 unspecified atom stereocenters. The van der Waals surface area contributed by atoms with Crippen molar-refractivity contribution in [3.05, 3.63) is 47.8 Å². The molecule has 1 aromatic heterocycles. The molecule has 1 N–H and O–H groups in total. The minimum Gasteiger partial charge on any atom is -0.381 e. The molecule has 2 aromatic rings. The number of carbonyl (C=O) groups is 1. The van der Waals surface area contributed by atoms with Gasteiger partial charge in [0, 0.05) is 31.8 Å². The van der Waals surface area contributed by atoms with Crippen LogP contribution in [0.4, 0.5) is 0 Å². The molecule has 2 saturated heterocycles. The van der Waals surface area contributed by atoms with Crippen LogP contribution in [0.1, 0.15) is 41.7 Å². The molecule has 144 valence electrons. The number of hydrogen-bond acceptors (Lipinski definition) is 5. The van der Waals surface area contributed by atoms with Crippen molar-refractivity contribution < 1.29 is 9.53 Å². The van der Waals surface area contributed by atoms with Gasteiger partial charge in [-0.3, -0.25) is 14.4 Å². The lowest BCUT2D eigenvalue weighted by molar-refractivity contribution is 0.0264. The summed E-state index contributed by atoms with van der Waals surface area (Å²) in [6.45, 7) is 4.16. The smallest absolute Gasteiger partial charge is 0.273 e. The Labute approximate surface area is 159 Å². The van der Waals surface area contributed by atoms with Gasteiger partial charge in [-0.1, -0.05) is 35.5 Å². The molecule has 0 saturated carbocycles. The number of amides is 1. The summed E-state index contributed by atoms with van der Waals surface area (Å²) in [7, 11) is 0. The van der Waals surface area contributed by atoms with E-state index < -0.39 is 0 Å². The molecule has 0 aliphatic carbocycles. The van der Waals surface area contributed by atoms with Crippen LogP contribution in [0.25, 0.3) is 0 Å². The normalized spacial score (nSPS) is 21.4. The van der Waals surface area contributed by atoms with Gasteiger partial charge in [0.05, 0.1) is 12.7 Å². The molecule has 2 fully saturated rings. The molecule has 7 heteroatoms. The van der Waals surface area contributed by atoms with E-state index in [0.29, 0.717) is 24.3 Å². The highest BCUT2D eigenvalue weighted by molar-refractivity contribution is 5.91. The number of benzene rings is 1. The highest BCUT2D eigenvalue weighted by atomic mass is 16.5. The minimum absolute atomic E-state index is 0.183. The average molecular weight is 369 g/mol. The second-order valence-electron chi connectivity index (χ2n) is 7.37. The zero-order valence-corrected chi connectivity index (χ0v) is 15.6. The zero-order chi connectivity index (χ0) is 18.5. The number of ether oxygens (including phenoxy) is 1. The van der Waals surface area contributed by atoms with Gasteiger partial charge in [0.15, 0.2) is 5.69 Å². The fourth-order valence-corrected chi connectivity index (χ4v) is 4.13. The van der Waals surface area contributed by atoms with Crippen molar-refractivity contribution in [2.75, 3.05) is 19.8 Å². The quantitative estimate of drug-likeness (QED) is 0.841.